The molecule has 2 aromatic rings. The second-order valence-corrected chi connectivity index (χ2v) is 5.68. The highest BCUT2D eigenvalue weighted by molar-refractivity contribution is 6.31. The van der Waals surface area contributed by atoms with Crippen LogP contribution < -0.4 is 10.1 Å². The van der Waals surface area contributed by atoms with Gasteiger partial charge in [-0.1, -0.05) is 17.7 Å². The van der Waals surface area contributed by atoms with Crippen LogP contribution >= 0.6 is 11.6 Å². The van der Waals surface area contributed by atoms with Gasteiger partial charge in [0.2, 0.25) is 5.91 Å². The Bertz CT molecular complexity index is 710. The van der Waals surface area contributed by atoms with Gasteiger partial charge in [-0.2, -0.15) is 5.10 Å². The normalized spacial score (nSPS) is 12.1. The standard InChI is InChI=1S/C16H20ClN3O2/c1-9-6-7-14(22-5)13(8-9)18-16(21)12(4)20-11(3)15(17)10(2)19-20/h6-8,12H,1-5H3,(H,18,21). The number of nitrogens with one attached hydrogen (secondary N) is 1. The third-order valence-corrected chi connectivity index (χ3v) is 4.14. The first-order chi connectivity index (χ1) is 10.3. The van der Waals surface area contributed by atoms with Gasteiger partial charge in [0.15, 0.2) is 0 Å². The maximum Gasteiger partial charge on any atom is 0.249 e. The van der Waals surface area contributed by atoms with Gasteiger partial charge in [0.25, 0.3) is 0 Å². The molecule has 1 aromatic heterocycles. The summed E-state index contributed by atoms with van der Waals surface area (Å²) in [6, 6.07) is 5.16. The molecule has 0 radical (unpaired) electrons. The van der Waals surface area contributed by atoms with Crippen LogP contribution in [0.5, 0.6) is 5.75 Å². The van der Waals surface area contributed by atoms with Crippen molar-refractivity contribution in [3.05, 3.63) is 40.2 Å². The summed E-state index contributed by atoms with van der Waals surface area (Å²) in [5, 5.41) is 7.80. The van der Waals surface area contributed by atoms with Crippen LogP contribution in [0, 0.1) is 20.8 Å². The van der Waals surface area contributed by atoms with Crippen molar-refractivity contribution in [3.8, 4) is 5.75 Å². The number of methoxy groups -OCH3 is 1. The van der Waals surface area contributed by atoms with Crippen molar-refractivity contribution in [1.29, 1.82) is 0 Å². The van der Waals surface area contributed by atoms with E-state index in [4.69, 9.17) is 16.3 Å². The Kier molecular flexibility index (Phi) is 4.76. The zero-order chi connectivity index (χ0) is 16.4. The molecule has 0 aliphatic rings. The Hall–Kier alpha value is -2.01. The molecule has 5 nitrogen and oxygen atoms in total. The predicted octanol–water partition coefficient (Wildman–Crippen LogP) is 3.67. The van der Waals surface area contributed by atoms with Gasteiger partial charge in [0.05, 0.1) is 29.2 Å². The van der Waals surface area contributed by atoms with Gasteiger partial charge < -0.3 is 10.1 Å². The van der Waals surface area contributed by atoms with Gasteiger partial charge in [-0.3, -0.25) is 9.48 Å². The average molecular weight is 322 g/mol. The van der Waals surface area contributed by atoms with E-state index >= 15 is 0 Å². The molecule has 0 spiro atoms. The number of hydrogen-bond donors (Lipinski definition) is 1. The number of benzene rings is 1. The summed E-state index contributed by atoms with van der Waals surface area (Å²) in [5.41, 5.74) is 3.18. The molecule has 0 aliphatic heterocycles. The van der Waals surface area contributed by atoms with E-state index in [0.717, 1.165) is 11.3 Å². The van der Waals surface area contributed by atoms with Gasteiger partial charge in [-0.15, -0.1) is 0 Å². The molecule has 1 heterocycles. The minimum Gasteiger partial charge on any atom is -0.495 e. The number of aromatic nitrogens is 2. The van der Waals surface area contributed by atoms with Crippen molar-refractivity contribution in [2.75, 3.05) is 12.4 Å². The van der Waals surface area contributed by atoms with Crippen LogP contribution in [0.1, 0.15) is 29.9 Å². The summed E-state index contributed by atoms with van der Waals surface area (Å²) < 4.78 is 6.91. The lowest BCUT2D eigenvalue weighted by Crippen LogP contribution is -2.25. The number of nitrogens with zero attached hydrogens (tertiary/aromatic N) is 2. The lowest BCUT2D eigenvalue weighted by Gasteiger charge is -2.16. The van der Waals surface area contributed by atoms with Crippen LogP contribution in [-0.4, -0.2) is 22.8 Å². The summed E-state index contributed by atoms with van der Waals surface area (Å²) in [6.07, 6.45) is 0. The van der Waals surface area contributed by atoms with Crippen molar-refractivity contribution < 1.29 is 9.53 Å². The molecule has 0 fully saturated rings. The number of ether oxygens (including phenoxy) is 1. The van der Waals surface area contributed by atoms with Gasteiger partial charge in [-0.05, 0) is 45.4 Å². The van der Waals surface area contributed by atoms with Gasteiger partial charge in [0, 0.05) is 0 Å². The van der Waals surface area contributed by atoms with Crippen molar-refractivity contribution in [2.24, 2.45) is 0 Å². The highest BCUT2D eigenvalue weighted by Crippen LogP contribution is 2.27. The maximum atomic E-state index is 12.5. The van der Waals surface area contributed by atoms with Gasteiger partial charge in [-0.25, -0.2) is 0 Å². The molecule has 1 atom stereocenters. The number of halogens is 1. The predicted molar refractivity (Wildman–Crippen MR) is 87.8 cm³/mol. The van der Waals surface area contributed by atoms with Crippen LogP contribution in [-0.2, 0) is 4.79 Å². The summed E-state index contributed by atoms with van der Waals surface area (Å²) in [7, 11) is 1.57. The molecule has 1 unspecified atom stereocenters. The Balaban J connectivity index is 2.25. The maximum absolute atomic E-state index is 12.5. The summed E-state index contributed by atoms with van der Waals surface area (Å²) >= 11 is 6.14. The fourth-order valence-electron chi connectivity index (χ4n) is 2.29. The highest BCUT2D eigenvalue weighted by Gasteiger charge is 2.21. The monoisotopic (exact) mass is 321 g/mol. The second-order valence-electron chi connectivity index (χ2n) is 5.30. The van der Waals surface area contributed by atoms with Gasteiger partial charge in [0.1, 0.15) is 11.8 Å². The lowest BCUT2D eigenvalue weighted by atomic mass is 10.2. The van der Waals surface area contributed by atoms with E-state index in [1.54, 1.807) is 18.7 Å². The Morgan fingerprint density at radius 3 is 2.59 bits per heavy atom. The van der Waals surface area contributed by atoms with Gasteiger partial charge >= 0.3 is 0 Å². The first-order valence-corrected chi connectivity index (χ1v) is 7.39. The molecular formula is C16H20ClN3O2. The Labute approximate surface area is 135 Å². The smallest absolute Gasteiger partial charge is 0.249 e. The first kappa shape index (κ1) is 16.4. The van der Waals surface area contributed by atoms with E-state index in [9.17, 15) is 4.79 Å². The van der Waals surface area contributed by atoms with Crippen LogP contribution in [0.3, 0.4) is 0 Å². The van der Waals surface area contributed by atoms with E-state index in [2.05, 4.69) is 10.4 Å². The molecule has 2 rings (SSSR count). The SMILES string of the molecule is COc1ccc(C)cc1NC(=O)C(C)n1nc(C)c(Cl)c1C. The van der Waals surface area contributed by atoms with Crippen molar-refractivity contribution in [3.63, 3.8) is 0 Å². The third-order valence-electron chi connectivity index (χ3n) is 3.60. The molecule has 22 heavy (non-hydrogen) atoms. The van der Waals surface area contributed by atoms with Crippen LogP contribution in [0.15, 0.2) is 18.2 Å². The molecule has 118 valence electrons. The number of aryl methyl sites for hydroxylation is 2. The first-order valence-electron chi connectivity index (χ1n) is 7.01. The quantitative estimate of drug-likeness (QED) is 0.934. The zero-order valence-corrected chi connectivity index (χ0v) is 14.2. The Morgan fingerprint density at radius 1 is 1.36 bits per heavy atom. The second kappa shape index (κ2) is 6.40. The van der Waals surface area contributed by atoms with E-state index in [1.807, 2.05) is 39.0 Å². The molecule has 0 aliphatic carbocycles. The van der Waals surface area contributed by atoms with Crippen LogP contribution in [0.4, 0.5) is 5.69 Å². The topological polar surface area (TPSA) is 56.1 Å². The Morgan fingerprint density at radius 2 is 2.05 bits per heavy atom. The van der Waals surface area contributed by atoms with Crippen molar-refractivity contribution >= 4 is 23.2 Å². The van der Waals surface area contributed by atoms with E-state index < -0.39 is 6.04 Å². The van der Waals surface area contributed by atoms with E-state index in [1.165, 1.54) is 0 Å². The number of hydrogen-bond acceptors (Lipinski definition) is 3. The van der Waals surface area contributed by atoms with Crippen molar-refractivity contribution in [1.82, 2.24) is 9.78 Å². The lowest BCUT2D eigenvalue weighted by molar-refractivity contribution is -0.119. The average Bonchev–Trinajstić information content (AvgIpc) is 2.74. The molecule has 1 N–H and O–H groups in total. The molecule has 0 saturated carbocycles. The van der Waals surface area contributed by atoms with Crippen molar-refractivity contribution in [2.45, 2.75) is 33.7 Å². The molecule has 0 saturated heterocycles. The largest absolute Gasteiger partial charge is 0.495 e. The van der Waals surface area contributed by atoms with E-state index in [-0.39, 0.29) is 5.91 Å². The minimum atomic E-state index is -0.476. The van der Waals surface area contributed by atoms with Crippen LogP contribution in [0.2, 0.25) is 5.02 Å². The molecule has 0 bridgehead atoms. The molecule has 6 heteroatoms. The number of rotatable bonds is 4. The summed E-state index contributed by atoms with van der Waals surface area (Å²) in [6.45, 7) is 7.41. The number of anilines is 1. The molecule has 1 aromatic carbocycles. The minimum absolute atomic E-state index is 0.175. The zero-order valence-electron chi connectivity index (χ0n) is 13.4. The fraction of sp³-hybridized carbons (Fsp3) is 0.375. The summed E-state index contributed by atoms with van der Waals surface area (Å²) in [5.74, 6) is 0.448. The van der Waals surface area contributed by atoms with E-state index in [0.29, 0.717) is 22.2 Å². The molecule has 1 amide bonds. The highest BCUT2D eigenvalue weighted by atomic mass is 35.5. The number of amides is 1. The third kappa shape index (κ3) is 3.09. The number of carbonyl (C=O) groups excluding carboxylic acids is 1. The summed E-state index contributed by atoms with van der Waals surface area (Å²) in [4.78, 5) is 12.5. The number of carbonyl (C=O) groups is 1. The fourth-order valence-corrected chi connectivity index (χ4v) is 2.41. The van der Waals surface area contributed by atoms with Crippen LogP contribution in [0.25, 0.3) is 0 Å². The molecular weight excluding hydrogens is 302 g/mol.